The molecule has 0 saturated carbocycles. The Morgan fingerprint density at radius 1 is 1.12 bits per heavy atom. The van der Waals surface area contributed by atoms with E-state index < -0.39 is 0 Å². The average Bonchev–Trinajstić information content (AvgIpc) is 2.22. The summed E-state index contributed by atoms with van der Waals surface area (Å²) in [7, 11) is 0. The fourth-order valence-electron chi connectivity index (χ4n) is 1.13. The third kappa shape index (κ3) is 2.80. The van der Waals surface area contributed by atoms with Crippen LogP contribution in [0.25, 0.3) is 0 Å². The minimum absolute atomic E-state index is 0.313. The molecule has 2 aromatic rings. The van der Waals surface area contributed by atoms with E-state index >= 15 is 0 Å². The van der Waals surface area contributed by atoms with Crippen LogP contribution in [0.2, 0.25) is 0 Å². The number of hydrogen-bond acceptors (Lipinski definition) is 2. The molecule has 0 N–H and O–H groups in total. The fourth-order valence-corrected chi connectivity index (χ4v) is 1.91. The molecule has 0 spiro atoms. The third-order valence-corrected chi connectivity index (χ3v) is 2.85. The van der Waals surface area contributed by atoms with Crippen LogP contribution in [-0.2, 0) is 0 Å². The molecule has 0 fully saturated rings. The summed E-state index contributed by atoms with van der Waals surface area (Å²) in [4.78, 5) is 3.97. The van der Waals surface area contributed by atoms with Crippen molar-refractivity contribution >= 4 is 31.9 Å². The molecule has 0 saturated heterocycles. The molecule has 16 heavy (non-hydrogen) atoms. The number of ether oxygens (including phenoxy) is 1. The van der Waals surface area contributed by atoms with Gasteiger partial charge in [0.25, 0.3) is 0 Å². The van der Waals surface area contributed by atoms with Crippen LogP contribution in [0.3, 0.4) is 0 Å². The van der Waals surface area contributed by atoms with Crippen LogP contribution >= 0.6 is 31.9 Å². The van der Waals surface area contributed by atoms with Crippen molar-refractivity contribution in [3.63, 3.8) is 0 Å². The van der Waals surface area contributed by atoms with E-state index in [0.29, 0.717) is 16.0 Å². The highest BCUT2D eigenvalue weighted by Gasteiger charge is 2.04. The molecule has 0 atom stereocenters. The Kier molecular flexibility index (Phi) is 3.56. The molecule has 0 aliphatic heterocycles. The molecule has 2 rings (SSSR count). The van der Waals surface area contributed by atoms with Crippen LogP contribution in [0.5, 0.6) is 11.5 Å². The lowest BCUT2D eigenvalue weighted by Crippen LogP contribution is -1.87. The first-order valence-corrected chi connectivity index (χ1v) is 5.97. The second-order valence-corrected chi connectivity index (χ2v) is 4.79. The Hall–Kier alpha value is -0.940. The molecule has 0 aliphatic carbocycles. The Morgan fingerprint density at radius 2 is 1.94 bits per heavy atom. The molecule has 1 aromatic heterocycles. The zero-order valence-corrected chi connectivity index (χ0v) is 11.1. The molecule has 0 bridgehead atoms. The van der Waals surface area contributed by atoms with Crippen molar-refractivity contribution in [2.45, 2.75) is 0 Å². The molecule has 82 valence electrons. The van der Waals surface area contributed by atoms with E-state index in [1.807, 2.05) is 0 Å². The standard InChI is InChI=1S/C11H6Br2FNO/c12-7-3-9(6-15-5-7)16-11-2-1-8(14)4-10(11)13/h1-6H. The van der Waals surface area contributed by atoms with Gasteiger partial charge in [-0.25, -0.2) is 4.39 Å². The number of benzene rings is 1. The summed E-state index contributed by atoms with van der Waals surface area (Å²) in [6.07, 6.45) is 3.24. The van der Waals surface area contributed by atoms with Gasteiger partial charge in [-0.15, -0.1) is 0 Å². The summed E-state index contributed by atoms with van der Waals surface area (Å²) in [5.41, 5.74) is 0. The summed E-state index contributed by atoms with van der Waals surface area (Å²) in [5.74, 6) is 0.814. The molecule has 0 radical (unpaired) electrons. The topological polar surface area (TPSA) is 22.1 Å². The monoisotopic (exact) mass is 345 g/mol. The predicted molar refractivity (Wildman–Crippen MR) is 66.1 cm³/mol. The van der Waals surface area contributed by atoms with Crippen LogP contribution in [0.15, 0.2) is 45.6 Å². The molecule has 1 heterocycles. The van der Waals surface area contributed by atoms with Crippen LogP contribution in [-0.4, -0.2) is 4.98 Å². The summed E-state index contributed by atoms with van der Waals surface area (Å²) >= 11 is 6.52. The molecule has 5 heteroatoms. The first-order chi connectivity index (χ1) is 7.65. The van der Waals surface area contributed by atoms with Crippen molar-refractivity contribution in [1.82, 2.24) is 4.98 Å². The Labute approximate surface area is 109 Å². The zero-order chi connectivity index (χ0) is 11.5. The number of pyridine rings is 1. The first-order valence-electron chi connectivity index (χ1n) is 4.38. The van der Waals surface area contributed by atoms with Gasteiger partial charge < -0.3 is 4.74 Å². The fraction of sp³-hybridized carbons (Fsp3) is 0. The Balaban J connectivity index is 2.27. The van der Waals surface area contributed by atoms with Crippen molar-refractivity contribution in [1.29, 1.82) is 0 Å². The van der Waals surface area contributed by atoms with Crippen molar-refractivity contribution in [2.75, 3.05) is 0 Å². The maximum atomic E-state index is 12.8. The molecule has 0 unspecified atom stereocenters. The van der Waals surface area contributed by atoms with Gasteiger partial charge in [-0.1, -0.05) is 0 Å². The summed E-state index contributed by atoms with van der Waals surface area (Å²) < 4.78 is 19.8. The second kappa shape index (κ2) is 4.93. The zero-order valence-electron chi connectivity index (χ0n) is 7.95. The van der Waals surface area contributed by atoms with E-state index in [1.54, 1.807) is 24.5 Å². The molecule has 2 nitrogen and oxygen atoms in total. The molecular formula is C11H6Br2FNO. The minimum Gasteiger partial charge on any atom is -0.455 e. The maximum absolute atomic E-state index is 12.8. The van der Waals surface area contributed by atoms with Gasteiger partial charge in [0.1, 0.15) is 17.3 Å². The lowest BCUT2D eigenvalue weighted by molar-refractivity contribution is 0.474. The van der Waals surface area contributed by atoms with Crippen molar-refractivity contribution in [2.24, 2.45) is 0 Å². The largest absolute Gasteiger partial charge is 0.455 e. The van der Waals surface area contributed by atoms with E-state index in [2.05, 4.69) is 36.8 Å². The van der Waals surface area contributed by atoms with Crippen molar-refractivity contribution in [3.05, 3.63) is 51.4 Å². The highest BCUT2D eigenvalue weighted by molar-refractivity contribution is 9.10. The van der Waals surface area contributed by atoms with Gasteiger partial charge in [-0.2, -0.15) is 0 Å². The lowest BCUT2D eigenvalue weighted by atomic mass is 10.3. The van der Waals surface area contributed by atoms with E-state index in [0.717, 1.165) is 4.47 Å². The van der Waals surface area contributed by atoms with E-state index in [9.17, 15) is 4.39 Å². The van der Waals surface area contributed by atoms with Gasteiger partial charge in [0.15, 0.2) is 0 Å². The molecular weight excluding hydrogens is 341 g/mol. The molecule has 1 aromatic carbocycles. The lowest BCUT2D eigenvalue weighted by Gasteiger charge is -2.07. The number of hydrogen-bond donors (Lipinski definition) is 0. The third-order valence-electron chi connectivity index (χ3n) is 1.80. The normalized spacial score (nSPS) is 10.2. The summed E-state index contributed by atoms with van der Waals surface area (Å²) in [6.45, 7) is 0. The highest BCUT2D eigenvalue weighted by atomic mass is 79.9. The van der Waals surface area contributed by atoms with Gasteiger partial charge in [-0.3, -0.25) is 4.98 Å². The number of rotatable bonds is 2. The van der Waals surface area contributed by atoms with Gasteiger partial charge in [-0.05, 0) is 56.1 Å². The number of aromatic nitrogens is 1. The summed E-state index contributed by atoms with van der Waals surface area (Å²) in [6, 6.07) is 6.02. The Bertz CT molecular complexity index is 519. The SMILES string of the molecule is Fc1ccc(Oc2cncc(Br)c2)c(Br)c1. The van der Waals surface area contributed by atoms with Gasteiger partial charge in [0.2, 0.25) is 0 Å². The van der Waals surface area contributed by atoms with Crippen molar-refractivity contribution in [3.8, 4) is 11.5 Å². The number of nitrogens with zero attached hydrogens (tertiary/aromatic N) is 1. The van der Waals surface area contributed by atoms with Crippen LogP contribution in [0.4, 0.5) is 4.39 Å². The maximum Gasteiger partial charge on any atom is 0.146 e. The Morgan fingerprint density at radius 3 is 2.62 bits per heavy atom. The van der Waals surface area contributed by atoms with E-state index in [-0.39, 0.29) is 5.82 Å². The first kappa shape index (κ1) is 11.5. The van der Waals surface area contributed by atoms with Gasteiger partial charge in [0, 0.05) is 10.7 Å². The van der Waals surface area contributed by atoms with Crippen LogP contribution < -0.4 is 4.74 Å². The van der Waals surface area contributed by atoms with Crippen LogP contribution in [0, 0.1) is 5.82 Å². The van der Waals surface area contributed by atoms with Crippen LogP contribution in [0.1, 0.15) is 0 Å². The average molecular weight is 347 g/mol. The van der Waals surface area contributed by atoms with Gasteiger partial charge in [0.05, 0.1) is 10.7 Å². The highest BCUT2D eigenvalue weighted by Crippen LogP contribution is 2.30. The second-order valence-electron chi connectivity index (χ2n) is 3.02. The predicted octanol–water partition coefficient (Wildman–Crippen LogP) is 4.54. The van der Waals surface area contributed by atoms with E-state index in [4.69, 9.17) is 4.74 Å². The smallest absolute Gasteiger partial charge is 0.146 e. The summed E-state index contributed by atoms with van der Waals surface area (Å²) in [5, 5.41) is 0. The molecule has 0 aliphatic rings. The van der Waals surface area contributed by atoms with E-state index in [1.165, 1.54) is 12.1 Å². The van der Waals surface area contributed by atoms with Gasteiger partial charge >= 0.3 is 0 Å². The van der Waals surface area contributed by atoms with Crippen molar-refractivity contribution < 1.29 is 9.13 Å². The quantitative estimate of drug-likeness (QED) is 0.796. The number of halogens is 3. The molecule has 0 amide bonds. The minimum atomic E-state index is -0.313.